The van der Waals surface area contributed by atoms with Crippen LogP contribution >= 0.6 is 24.0 Å². The third-order valence-electron chi connectivity index (χ3n) is 5.12. The SMILES string of the molecule is CCCN(CCC)Cc1nc(-c2ncc3n2-c2ccc(Cl)cc2C(=O)N(C)C3)no1.Cl. The van der Waals surface area contributed by atoms with E-state index in [0.29, 0.717) is 46.9 Å². The number of imidazole rings is 1. The maximum atomic E-state index is 12.8. The Morgan fingerprint density at radius 1 is 1.23 bits per heavy atom. The Morgan fingerprint density at radius 3 is 2.68 bits per heavy atom. The van der Waals surface area contributed by atoms with E-state index in [-0.39, 0.29) is 18.3 Å². The minimum atomic E-state index is -0.0919. The summed E-state index contributed by atoms with van der Waals surface area (Å²) in [5.41, 5.74) is 2.09. The molecule has 4 rings (SSSR count). The zero-order valence-corrected chi connectivity index (χ0v) is 19.4. The lowest BCUT2D eigenvalue weighted by atomic mass is 10.1. The molecule has 1 aliphatic heterocycles. The van der Waals surface area contributed by atoms with E-state index in [9.17, 15) is 4.79 Å². The highest BCUT2D eigenvalue weighted by Crippen LogP contribution is 2.30. The van der Waals surface area contributed by atoms with E-state index in [2.05, 4.69) is 33.9 Å². The Hall–Kier alpha value is -2.42. The van der Waals surface area contributed by atoms with Gasteiger partial charge in [-0.05, 0) is 44.1 Å². The van der Waals surface area contributed by atoms with Crippen LogP contribution in [-0.4, -0.2) is 55.5 Å². The molecule has 0 saturated heterocycles. The van der Waals surface area contributed by atoms with Gasteiger partial charge in [-0.15, -0.1) is 12.4 Å². The van der Waals surface area contributed by atoms with Gasteiger partial charge in [0.25, 0.3) is 5.91 Å². The average Bonchev–Trinajstić information content (AvgIpc) is 3.32. The van der Waals surface area contributed by atoms with E-state index < -0.39 is 0 Å². The summed E-state index contributed by atoms with van der Waals surface area (Å²) in [4.78, 5) is 25.9. The molecular weight excluding hydrogens is 439 g/mol. The Kier molecular flexibility index (Phi) is 7.35. The molecule has 8 nitrogen and oxygen atoms in total. The summed E-state index contributed by atoms with van der Waals surface area (Å²) in [6, 6.07) is 5.28. The second-order valence-corrected chi connectivity index (χ2v) is 7.96. The van der Waals surface area contributed by atoms with Crippen LogP contribution in [0.25, 0.3) is 17.3 Å². The minimum Gasteiger partial charge on any atom is -0.337 e. The summed E-state index contributed by atoms with van der Waals surface area (Å²) in [6.07, 6.45) is 3.88. The van der Waals surface area contributed by atoms with E-state index in [1.165, 1.54) is 0 Å². The molecule has 1 aromatic carbocycles. The first-order valence-electron chi connectivity index (χ1n) is 10.2. The van der Waals surface area contributed by atoms with Gasteiger partial charge in [0.15, 0.2) is 5.82 Å². The third-order valence-corrected chi connectivity index (χ3v) is 5.35. The Bertz CT molecular complexity index is 1060. The monoisotopic (exact) mass is 464 g/mol. The minimum absolute atomic E-state index is 0. The molecule has 3 heterocycles. The topological polar surface area (TPSA) is 80.3 Å². The number of hydrogen-bond acceptors (Lipinski definition) is 6. The van der Waals surface area contributed by atoms with Crippen LogP contribution in [-0.2, 0) is 13.1 Å². The van der Waals surface area contributed by atoms with E-state index >= 15 is 0 Å². The highest BCUT2D eigenvalue weighted by atomic mass is 35.5. The number of carbonyl (C=O) groups is 1. The molecular formula is C21H26Cl2N6O2. The molecule has 0 radical (unpaired) electrons. The summed E-state index contributed by atoms with van der Waals surface area (Å²) in [5.74, 6) is 1.42. The smallest absolute Gasteiger partial charge is 0.256 e. The highest BCUT2D eigenvalue weighted by molar-refractivity contribution is 6.31. The molecule has 1 amide bonds. The molecule has 166 valence electrons. The number of benzene rings is 1. The summed E-state index contributed by atoms with van der Waals surface area (Å²) in [7, 11) is 1.76. The van der Waals surface area contributed by atoms with Crippen molar-refractivity contribution in [2.24, 2.45) is 0 Å². The normalized spacial score (nSPS) is 13.1. The summed E-state index contributed by atoms with van der Waals surface area (Å²) in [5, 5.41) is 4.69. The second-order valence-electron chi connectivity index (χ2n) is 7.52. The Labute approximate surface area is 192 Å². The van der Waals surface area contributed by atoms with Crippen LogP contribution in [0.3, 0.4) is 0 Å². The van der Waals surface area contributed by atoms with Gasteiger partial charge >= 0.3 is 0 Å². The number of fused-ring (bicyclic) bond motifs is 3. The highest BCUT2D eigenvalue weighted by Gasteiger charge is 2.28. The van der Waals surface area contributed by atoms with Crippen LogP contribution < -0.4 is 0 Å². The van der Waals surface area contributed by atoms with Gasteiger partial charge < -0.3 is 9.42 Å². The number of halogens is 2. The number of hydrogen-bond donors (Lipinski definition) is 0. The van der Waals surface area contributed by atoms with Gasteiger partial charge in [0.2, 0.25) is 11.7 Å². The molecule has 1 aliphatic rings. The lowest BCUT2D eigenvalue weighted by Crippen LogP contribution is -2.25. The largest absolute Gasteiger partial charge is 0.337 e. The first kappa shape index (κ1) is 23.2. The second kappa shape index (κ2) is 9.80. The molecule has 2 aromatic heterocycles. The molecule has 0 fully saturated rings. The van der Waals surface area contributed by atoms with Crippen molar-refractivity contribution < 1.29 is 9.32 Å². The van der Waals surface area contributed by atoms with Crippen LogP contribution in [0.4, 0.5) is 0 Å². The number of aromatic nitrogens is 4. The summed E-state index contributed by atoms with van der Waals surface area (Å²) < 4.78 is 7.44. The van der Waals surface area contributed by atoms with Crippen LogP contribution in [0, 0.1) is 0 Å². The van der Waals surface area contributed by atoms with E-state index in [0.717, 1.165) is 31.6 Å². The van der Waals surface area contributed by atoms with Gasteiger partial charge in [-0.25, -0.2) is 4.98 Å². The lowest BCUT2D eigenvalue weighted by Gasteiger charge is -2.18. The Morgan fingerprint density at radius 2 is 1.97 bits per heavy atom. The van der Waals surface area contributed by atoms with E-state index in [4.69, 9.17) is 16.1 Å². The number of rotatable bonds is 7. The predicted molar refractivity (Wildman–Crippen MR) is 121 cm³/mol. The third kappa shape index (κ3) is 4.61. The van der Waals surface area contributed by atoms with Gasteiger partial charge in [-0.1, -0.05) is 30.6 Å². The first-order valence-corrected chi connectivity index (χ1v) is 10.6. The van der Waals surface area contributed by atoms with Gasteiger partial charge in [-0.3, -0.25) is 14.3 Å². The van der Waals surface area contributed by atoms with Crippen LogP contribution in [0.1, 0.15) is 48.6 Å². The number of nitrogens with zero attached hydrogens (tertiary/aromatic N) is 6. The quantitative estimate of drug-likeness (QED) is 0.520. The molecule has 0 saturated carbocycles. The summed E-state index contributed by atoms with van der Waals surface area (Å²) in [6.45, 7) is 7.30. The molecule has 0 unspecified atom stereocenters. The maximum Gasteiger partial charge on any atom is 0.256 e. The zero-order chi connectivity index (χ0) is 21.3. The van der Waals surface area contributed by atoms with Gasteiger partial charge in [-0.2, -0.15) is 4.98 Å². The van der Waals surface area contributed by atoms with Gasteiger partial charge in [0.05, 0.1) is 36.2 Å². The molecule has 0 spiro atoms. The fourth-order valence-electron chi connectivity index (χ4n) is 3.82. The van der Waals surface area contributed by atoms with Crippen molar-refractivity contribution in [1.82, 2.24) is 29.5 Å². The van der Waals surface area contributed by atoms with Crippen LogP contribution in [0.5, 0.6) is 0 Å². The van der Waals surface area contributed by atoms with Crippen molar-refractivity contribution in [3.05, 3.63) is 46.6 Å². The van der Waals surface area contributed by atoms with E-state index in [1.807, 2.05) is 10.6 Å². The maximum absolute atomic E-state index is 12.8. The van der Waals surface area contributed by atoms with Crippen molar-refractivity contribution in [2.75, 3.05) is 20.1 Å². The summed E-state index contributed by atoms with van der Waals surface area (Å²) >= 11 is 6.16. The molecule has 0 bridgehead atoms. The van der Waals surface area contributed by atoms with Crippen molar-refractivity contribution in [1.29, 1.82) is 0 Å². The van der Waals surface area contributed by atoms with E-state index in [1.54, 1.807) is 30.3 Å². The van der Waals surface area contributed by atoms with Gasteiger partial charge in [0.1, 0.15) is 0 Å². The molecule has 0 aliphatic carbocycles. The van der Waals surface area contributed by atoms with Crippen molar-refractivity contribution in [3.63, 3.8) is 0 Å². The standard InChI is InChI=1S/C21H25ClN6O2.ClH/c1-4-8-27(9-5-2)13-18-24-19(25-30-18)20-23-11-15-12-26(3)21(29)16-10-14(22)6-7-17(16)28(15)20;/h6-7,10-11H,4-5,8-9,12-13H2,1-3H3;1H. The predicted octanol–water partition coefficient (Wildman–Crippen LogP) is 4.21. The first-order chi connectivity index (χ1) is 14.5. The Balaban J connectivity index is 0.00000272. The van der Waals surface area contributed by atoms with Crippen LogP contribution in [0.15, 0.2) is 28.9 Å². The van der Waals surface area contributed by atoms with Crippen molar-refractivity contribution in [2.45, 2.75) is 39.8 Å². The molecule has 0 N–H and O–H groups in total. The van der Waals surface area contributed by atoms with Gasteiger partial charge in [0, 0.05) is 12.1 Å². The van der Waals surface area contributed by atoms with Crippen molar-refractivity contribution >= 4 is 29.9 Å². The average molecular weight is 465 g/mol. The lowest BCUT2D eigenvalue weighted by molar-refractivity contribution is 0.0788. The fourth-order valence-corrected chi connectivity index (χ4v) is 4.00. The molecule has 10 heteroatoms. The molecule has 0 atom stereocenters. The van der Waals surface area contributed by atoms with Crippen LogP contribution in [0.2, 0.25) is 5.02 Å². The molecule has 3 aromatic rings. The zero-order valence-electron chi connectivity index (χ0n) is 17.8. The fraction of sp³-hybridized carbons (Fsp3) is 0.429. The van der Waals surface area contributed by atoms with Crippen molar-refractivity contribution in [3.8, 4) is 17.3 Å². The molecule has 31 heavy (non-hydrogen) atoms. The number of carbonyl (C=O) groups excluding carboxylic acids is 1. The number of amides is 1.